The van der Waals surface area contributed by atoms with E-state index in [0.717, 1.165) is 5.56 Å². The summed E-state index contributed by atoms with van der Waals surface area (Å²) in [6.45, 7) is 4.53. The van der Waals surface area contributed by atoms with Crippen molar-refractivity contribution in [3.05, 3.63) is 93.7 Å². The summed E-state index contributed by atoms with van der Waals surface area (Å²) >= 11 is 1.70. The van der Waals surface area contributed by atoms with Crippen LogP contribution >= 0.6 is 11.3 Å². The Morgan fingerprint density at radius 2 is 1.73 bits per heavy atom. The van der Waals surface area contributed by atoms with Gasteiger partial charge in [0.05, 0.1) is 12.1 Å². The van der Waals surface area contributed by atoms with Crippen LogP contribution in [0.2, 0.25) is 0 Å². The molecule has 1 heterocycles. The highest BCUT2D eigenvalue weighted by molar-refractivity contribution is 7.10. The Morgan fingerprint density at radius 3 is 2.38 bits per heavy atom. The third-order valence-corrected chi connectivity index (χ3v) is 5.30. The molecule has 0 fully saturated rings. The van der Waals surface area contributed by atoms with Gasteiger partial charge in [-0.1, -0.05) is 66.2 Å². The van der Waals surface area contributed by atoms with E-state index in [1.165, 1.54) is 16.0 Å². The first-order chi connectivity index (χ1) is 12.6. The Hall–Kier alpha value is -2.43. The van der Waals surface area contributed by atoms with Gasteiger partial charge in [-0.2, -0.15) is 0 Å². The lowest BCUT2D eigenvalue weighted by molar-refractivity contribution is -0.123. The van der Waals surface area contributed by atoms with Crippen LogP contribution in [0.1, 0.15) is 34.5 Å². The molecule has 0 saturated heterocycles. The molecule has 0 aliphatic rings. The van der Waals surface area contributed by atoms with Gasteiger partial charge < -0.3 is 5.32 Å². The number of benzene rings is 2. The zero-order valence-corrected chi connectivity index (χ0v) is 15.9. The van der Waals surface area contributed by atoms with Crippen molar-refractivity contribution in [3.63, 3.8) is 0 Å². The highest BCUT2D eigenvalue weighted by Crippen LogP contribution is 2.26. The minimum absolute atomic E-state index is 0.00233. The van der Waals surface area contributed by atoms with Crippen molar-refractivity contribution < 1.29 is 4.79 Å². The zero-order valence-electron chi connectivity index (χ0n) is 15.1. The van der Waals surface area contributed by atoms with Gasteiger partial charge in [-0.15, -0.1) is 11.3 Å². The average molecular weight is 365 g/mol. The standard InChI is InChI=1S/C22H24N2OS/c1-16-10-12-19(13-11-16)21(20-9-6-14-26-20)24-17(2)22(25)23-15-18-7-4-3-5-8-18/h3-14,17,21,24H,15H2,1-2H3,(H,23,25)/t17-,21-/m1/s1. The van der Waals surface area contributed by atoms with Crippen molar-refractivity contribution in [1.82, 2.24) is 10.6 Å². The van der Waals surface area contributed by atoms with Crippen LogP contribution in [0.15, 0.2) is 72.1 Å². The lowest BCUT2D eigenvalue weighted by atomic mass is 10.0. The normalized spacial score (nSPS) is 13.2. The number of rotatable bonds is 7. The molecule has 2 atom stereocenters. The van der Waals surface area contributed by atoms with Gasteiger partial charge in [0.25, 0.3) is 0 Å². The van der Waals surface area contributed by atoms with Gasteiger partial charge in [0.1, 0.15) is 0 Å². The smallest absolute Gasteiger partial charge is 0.237 e. The van der Waals surface area contributed by atoms with Gasteiger partial charge in [0.2, 0.25) is 5.91 Å². The minimum atomic E-state index is -0.299. The number of carbonyl (C=O) groups is 1. The van der Waals surface area contributed by atoms with Gasteiger partial charge in [0, 0.05) is 11.4 Å². The molecular formula is C22H24N2OS. The summed E-state index contributed by atoms with van der Waals surface area (Å²) in [5.41, 5.74) is 3.49. The first-order valence-corrected chi connectivity index (χ1v) is 9.69. The van der Waals surface area contributed by atoms with Gasteiger partial charge >= 0.3 is 0 Å². The number of carbonyl (C=O) groups excluding carboxylic acids is 1. The molecule has 0 radical (unpaired) electrons. The van der Waals surface area contributed by atoms with E-state index in [-0.39, 0.29) is 18.0 Å². The van der Waals surface area contributed by atoms with E-state index in [1.54, 1.807) is 11.3 Å². The fraction of sp³-hybridized carbons (Fsp3) is 0.227. The summed E-state index contributed by atoms with van der Waals surface area (Å²) in [6, 6.07) is 22.3. The Bertz CT molecular complexity index is 813. The summed E-state index contributed by atoms with van der Waals surface area (Å²) in [6.07, 6.45) is 0. The SMILES string of the molecule is Cc1ccc([C@@H](N[C@H](C)C(=O)NCc2ccccc2)c2cccs2)cc1. The minimum Gasteiger partial charge on any atom is -0.351 e. The zero-order chi connectivity index (χ0) is 18.4. The lowest BCUT2D eigenvalue weighted by Crippen LogP contribution is -2.43. The van der Waals surface area contributed by atoms with Crippen LogP contribution in [0.4, 0.5) is 0 Å². The summed E-state index contributed by atoms with van der Waals surface area (Å²) < 4.78 is 0. The van der Waals surface area contributed by atoms with Gasteiger partial charge in [-0.3, -0.25) is 10.1 Å². The maximum atomic E-state index is 12.5. The topological polar surface area (TPSA) is 41.1 Å². The first-order valence-electron chi connectivity index (χ1n) is 8.81. The molecule has 1 aromatic heterocycles. The molecule has 0 aliphatic carbocycles. The fourth-order valence-corrected chi connectivity index (χ4v) is 3.63. The second kappa shape index (κ2) is 8.79. The summed E-state index contributed by atoms with van der Waals surface area (Å²) in [4.78, 5) is 13.7. The van der Waals surface area contributed by atoms with Gasteiger partial charge in [0.15, 0.2) is 0 Å². The van der Waals surface area contributed by atoms with Crippen LogP contribution in [0.25, 0.3) is 0 Å². The van der Waals surface area contributed by atoms with E-state index >= 15 is 0 Å². The predicted octanol–water partition coefficient (Wildman–Crippen LogP) is 4.44. The van der Waals surface area contributed by atoms with Crippen LogP contribution in [-0.2, 0) is 11.3 Å². The van der Waals surface area contributed by atoms with Crippen LogP contribution in [0, 0.1) is 6.92 Å². The molecule has 3 nitrogen and oxygen atoms in total. The van der Waals surface area contributed by atoms with E-state index in [0.29, 0.717) is 6.54 Å². The van der Waals surface area contributed by atoms with Crippen LogP contribution in [0.5, 0.6) is 0 Å². The third kappa shape index (κ3) is 4.81. The molecule has 0 saturated carbocycles. The van der Waals surface area contributed by atoms with E-state index in [2.05, 4.69) is 53.3 Å². The molecular weight excluding hydrogens is 340 g/mol. The van der Waals surface area contributed by atoms with Crippen LogP contribution < -0.4 is 10.6 Å². The van der Waals surface area contributed by atoms with E-state index < -0.39 is 0 Å². The Labute approximate surface area is 159 Å². The lowest BCUT2D eigenvalue weighted by Gasteiger charge is -2.23. The summed E-state index contributed by atoms with van der Waals surface area (Å²) in [7, 11) is 0. The number of hydrogen-bond acceptors (Lipinski definition) is 3. The van der Waals surface area contributed by atoms with Crippen molar-refractivity contribution in [2.75, 3.05) is 0 Å². The monoisotopic (exact) mass is 364 g/mol. The Kier molecular flexibility index (Phi) is 6.21. The molecule has 3 aromatic rings. The predicted molar refractivity (Wildman–Crippen MR) is 108 cm³/mol. The maximum absolute atomic E-state index is 12.5. The molecule has 2 N–H and O–H groups in total. The summed E-state index contributed by atoms with van der Waals surface area (Å²) in [5, 5.41) is 8.57. The molecule has 134 valence electrons. The second-order valence-corrected chi connectivity index (χ2v) is 7.43. The van der Waals surface area contributed by atoms with Gasteiger partial charge in [-0.05, 0) is 36.4 Å². The first kappa shape index (κ1) is 18.4. The molecule has 0 spiro atoms. The van der Waals surface area contributed by atoms with E-state index in [1.807, 2.05) is 43.3 Å². The van der Waals surface area contributed by atoms with Crippen molar-refractivity contribution in [2.24, 2.45) is 0 Å². The number of aryl methyl sites for hydroxylation is 1. The van der Waals surface area contributed by atoms with Gasteiger partial charge in [-0.25, -0.2) is 0 Å². The highest BCUT2D eigenvalue weighted by atomic mass is 32.1. The van der Waals surface area contributed by atoms with Crippen molar-refractivity contribution >= 4 is 17.2 Å². The van der Waals surface area contributed by atoms with Crippen LogP contribution in [-0.4, -0.2) is 11.9 Å². The maximum Gasteiger partial charge on any atom is 0.237 e. The fourth-order valence-electron chi connectivity index (χ4n) is 2.82. The highest BCUT2D eigenvalue weighted by Gasteiger charge is 2.21. The second-order valence-electron chi connectivity index (χ2n) is 6.45. The number of amides is 1. The molecule has 3 rings (SSSR count). The Morgan fingerprint density at radius 1 is 1.00 bits per heavy atom. The van der Waals surface area contributed by atoms with Crippen molar-refractivity contribution in [3.8, 4) is 0 Å². The molecule has 0 unspecified atom stereocenters. The molecule has 4 heteroatoms. The van der Waals surface area contributed by atoms with Crippen LogP contribution in [0.3, 0.4) is 0 Å². The number of thiophene rings is 1. The summed E-state index contributed by atoms with van der Waals surface area (Å²) in [5.74, 6) is 0.00233. The molecule has 0 aliphatic heterocycles. The number of hydrogen-bond donors (Lipinski definition) is 2. The molecule has 1 amide bonds. The average Bonchev–Trinajstić information content (AvgIpc) is 3.20. The molecule has 2 aromatic carbocycles. The largest absolute Gasteiger partial charge is 0.351 e. The van der Waals surface area contributed by atoms with Crippen molar-refractivity contribution in [1.29, 1.82) is 0 Å². The molecule has 26 heavy (non-hydrogen) atoms. The number of nitrogens with one attached hydrogen (secondary N) is 2. The van der Waals surface area contributed by atoms with E-state index in [4.69, 9.17) is 0 Å². The van der Waals surface area contributed by atoms with E-state index in [9.17, 15) is 4.79 Å². The quantitative estimate of drug-likeness (QED) is 0.651. The third-order valence-electron chi connectivity index (χ3n) is 4.36. The molecule has 0 bridgehead atoms. The Balaban J connectivity index is 1.68. The van der Waals surface area contributed by atoms with Crippen molar-refractivity contribution in [2.45, 2.75) is 32.5 Å².